The van der Waals surface area contributed by atoms with Gasteiger partial charge in [0.05, 0.1) is 6.61 Å². The Labute approximate surface area is 107 Å². The smallest absolute Gasteiger partial charge is 0.319 e. The minimum Gasteiger partial charge on any atom is -0.464 e. The number of hydrogen-bond acceptors (Lipinski definition) is 4. The lowest BCUT2D eigenvalue weighted by atomic mass is 10.0. The van der Waals surface area contributed by atoms with E-state index >= 15 is 0 Å². The molecule has 94 valence electrons. The molecule has 0 aromatic carbocycles. The highest BCUT2D eigenvalue weighted by molar-refractivity contribution is 6.29. The lowest BCUT2D eigenvalue weighted by Crippen LogP contribution is -2.34. The minimum absolute atomic E-state index is 0.369. The summed E-state index contributed by atoms with van der Waals surface area (Å²) in [6, 6.07) is 2.18. The van der Waals surface area contributed by atoms with Gasteiger partial charge in [0.15, 0.2) is 0 Å². The first-order valence-electron chi connectivity index (χ1n) is 6.11. The normalized spacial score (nSPS) is 20.4. The number of hydrogen-bond donors (Lipinski definition) is 0. The van der Waals surface area contributed by atoms with Crippen LogP contribution in [0.2, 0.25) is 5.15 Å². The van der Waals surface area contributed by atoms with E-state index in [1.54, 1.807) is 0 Å². The van der Waals surface area contributed by atoms with Gasteiger partial charge in [0.1, 0.15) is 11.0 Å². The van der Waals surface area contributed by atoms with Gasteiger partial charge in [0.2, 0.25) is 0 Å². The van der Waals surface area contributed by atoms with Crippen LogP contribution in [0.15, 0.2) is 6.07 Å². The van der Waals surface area contributed by atoms with E-state index in [4.69, 9.17) is 16.3 Å². The largest absolute Gasteiger partial charge is 0.464 e. The predicted octanol–water partition coefficient (Wildman–Crippen LogP) is 2.77. The van der Waals surface area contributed by atoms with E-state index in [0.717, 1.165) is 18.9 Å². The molecule has 0 spiro atoms. The van der Waals surface area contributed by atoms with Crippen molar-refractivity contribution in [1.82, 2.24) is 9.97 Å². The fourth-order valence-electron chi connectivity index (χ4n) is 2.14. The van der Waals surface area contributed by atoms with Crippen LogP contribution in [0, 0.1) is 5.92 Å². The predicted molar refractivity (Wildman–Crippen MR) is 68.8 cm³/mol. The van der Waals surface area contributed by atoms with Gasteiger partial charge in [0, 0.05) is 19.2 Å². The summed E-state index contributed by atoms with van der Waals surface area (Å²) in [5.41, 5.74) is 0. The van der Waals surface area contributed by atoms with Crippen LogP contribution in [0.1, 0.15) is 26.7 Å². The van der Waals surface area contributed by atoms with Gasteiger partial charge in [-0.15, -0.1) is 0 Å². The lowest BCUT2D eigenvalue weighted by molar-refractivity contribution is 0.312. The fourth-order valence-corrected chi connectivity index (χ4v) is 2.31. The van der Waals surface area contributed by atoms with Crippen molar-refractivity contribution in [1.29, 1.82) is 0 Å². The molecule has 0 bridgehead atoms. The molecule has 1 aliphatic rings. The molecular weight excluding hydrogens is 238 g/mol. The second-order valence-electron chi connectivity index (χ2n) is 4.46. The van der Waals surface area contributed by atoms with Crippen LogP contribution in [0.25, 0.3) is 0 Å². The van der Waals surface area contributed by atoms with Crippen molar-refractivity contribution < 1.29 is 4.74 Å². The first-order chi connectivity index (χ1) is 8.19. The van der Waals surface area contributed by atoms with Gasteiger partial charge in [-0.05, 0) is 25.7 Å². The SMILES string of the molecule is CCOc1nc(Cl)cc(N2CCCC(C)C2)n1. The third-order valence-electron chi connectivity index (χ3n) is 2.92. The molecule has 0 amide bonds. The summed E-state index contributed by atoms with van der Waals surface area (Å²) in [6.07, 6.45) is 2.49. The molecule has 1 saturated heterocycles. The van der Waals surface area contributed by atoms with Crippen molar-refractivity contribution in [3.63, 3.8) is 0 Å². The van der Waals surface area contributed by atoms with Crippen molar-refractivity contribution in [3.05, 3.63) is 11.2 Å². The van der Waals surface area contributed by atoms with Gasteiger partial charge < -0.3 is 9.64 Å². The van der Waals surface area contributed by atoms with Crippen LogP contribution < -0.4 is 9.64 Å². The molecule has 5 heteroatoms. The molecule has 1 fully saturated rings. The highest BCUT2D eigenvalue weighted by Crippen LogP contribution is 2.24. The van der Waals surface area contributed by atoms with Crippen LogP contribution in [-0.2, 0) is 0 Å². The summed E-state index contributed by atoms with van der Waals surface area (Å²) in [6.45, 7) is 6.78. The molecule has 1 aliphatic heterocycles. The van der Waals surface area contributed by atoms with Crippen molar-refractivity contribution in [2.24, 2.45) is 5.92 Å². The molecule has 0 radical (unpaired) electrons. The molecule has 2 heterocycles. The zero-order valence-electron chi connectivity index (χ0n) is 10.3. The second kappa shape index (κ2) is 5.54. The van der Waals surface area contributed by atoms with E-state index in [2.05, 4.69) is 21.8 Å². The van der Waals surface area contributed by atoms with Crippen LogP contribution in [-0.4, -0.2) is 29.7 Å². The molecule has 1 atom stereocenters. The third kappa shape index (κ3) is 3.22. The number of aromatic nitrogens is 2. The number of anilines is 1. The summed E-state index contributed by atoms with van der Waals surface area (Å²) in [4.78, 5) is 10.7. The first-order valence-corrected chi connectivity index (χ1v) is 6.49. The number of rotatable bonds is 3. The van der Waals surface area contributed by atoms with E-state index in [1.807, 2.05) is 13.0 Å². The summed E-state index contributed by atoms with van der Waals surface area (Å²) in [5.74, 6) is 1.58. The maximum atomic E-state index is 5.98. The standard InChI is InChI=1S/C12H18ClN3O/c1-3-17-12-14-10(13)7-11(15-12)16-6-4-5-9(2)8-16/h7,9H,3-6,8H2,1-2H3. The van der Waals surface area contributed by atoms with Crippen LogP contribution in [0.4, 0.5) is 5.82 Å². The Hall–Kier alpha value is -1.03. The molecule has 1 aromatic heterocycles. The van der Waals surface area contributed by atoms with Crippen LogP contribution in [0.3, 0.4) is 0 Å². The number of nitrogens with zero attached hydrogens (tertiary/aromatic N) is 3. The van der Waals surface area contributed by atoms with Crippen molar-refractivity contribution in [2.75, 3.05) is 24.6 Å². The Bertz CT molecular complexity index is 386. The Morgan fingerprint density at radius 3 is 3.06 bits per heavy atom. The average molecular weight is 256 g/mol. The van der Waals surface area contributed by atoms with Crippen molar-refractivity contribution in [3.8, 4) is 6.01 Å². The topological polar surface area (TPSA) is 38.2 Å². The van der Waals surface area contributed by atoms with Gasteiger partial charge >= 0.3 is 6.01 Å². The second-order valence-corrected chi connectivity index (χ2v) is 4.85. The van der Waals surface area contributed by atoms with E-state index in [1.165, 1.54) is 12.8 Å². The molecule has 1 unspecified atom stereocenters. The highest BCUT2D eigenvalue weighted by atomic mass is 35.5. The van der Waals surface area contributed by atoms with E-state index in [-0.39, 0.29) is 0 Å². The zero-order chi connectivity index (χ0) is 12.3. The summed E-state index contributed by atoms with van der Waals surface area (Å²) >= 11 is 5.98. The van der Waals surface area contributed by atoms with E-state index < -0.39 is 0 Å². The maximum absolute atomic E-state index is 5.98. The molecule has 17 heavy (non-hydrogen) atoms. The Balaban J connectivity index is 2.18. The Kier molecular flexibility index (Phi) is 4.05. The fraction of sp³-hybridized carbons (Fsp3) is 0.667. The molecule has 1 aromatic rings. The minimum atomic E-state index is 0.369. The van der Waals surface area contributed by atoms with Gasteiger partial charge in [-0.25, -0.2) is 0 Å². The molecule has 0 N–H and O–H groups in total. The summed E-state index contributed by atoms with van der Waals surface area (Å²) in [7, 11) is 0. The molecule has 0 saturated carbocycles. The molecule has 4 nitrogen and oxygen atoms in total. The number of piperidine rings is 1. The molecule has 2 rings (SSSR count). The Morgan fingerprint density at radius 1 is 1.53 bits per heavy atom. The van der Waals surface area contributed by atoms with E-state index in [9.17, 15) is 0 Å². The van der Waals surface area contributed by atoms with Crippen LogP contribution in [0.5, 0.6) is 6.01 Å². The summed E-state index contributed by atoms with van der Waals surface area (Å²) < 4.78 is 5.31. The van der Waals surface area contributed by atoms with Gasteiger partial charge in [-0.2, -0.15) is 9.97 Å². The zero-order valence-corrected chi connectivity index (χ0v) is 11.1. The molecule has 0 aliphatic carbocycles. The quantitative estimate of drug-likeness (QED) is 0.779. The molecular formula is C12H18ClN3O. The third-order valence-corrected chi connectivity index (χ3v) is 3.11. The Morgan fingerprint density at radius 2 is 2.35 bits per heavy atom. The average Bonchev–Trinajstić information content (AvgIpc) is 2.28. The monoisotopic (exact) mass is 255 g/mol. The van der Waals surface area contributed by atoms with Gasteiger partial charge in [-0.3, -0.25) is 0 Å². The number of ether oxygens (including phenoxy) is 1. The van der Waals surface area contributed by atoms with Gasteiger partial charge in [0.25, 0.3) is 0 Å². The highest BCUT2D eigenvalue weighted by Gasteiger charge is 2.18. The van der Waals surface area contributed by atoms with E-state index in [0.29, 0.717) is 23.7 Å². The maximum Gasteiger partial charge on any atom is 0.319 e. The van der Waals surface area contributed by atoms with Crippen molar-refractivity contribution >= 4 is 17.4 Å². The first kappa shape index (κ1) is 12.4. The van der Waals surface area contributed by atoms with Crippen molar-refractivity contribution in [2.45, 2.75) is 26.7 Å². The lowest BCUT2D eigenvalue weighted by Gasteiger charge is -2.31. The summed E-state index contributed by atoms with van der Waals surface area (Å²) in [5, 5.41) is 0.441. The van der Waals surface area contributed by atoms with Crippen LogP contribution >= 0.6 is 11.6 Å². The van der Waals surface area contributed by atoms with Gasteiger partial charge in [-0.1, -0.05) is 18.5 Å². The number of halogens is 1.